The Bertz CT molecular complexity index is 1190. The van der Waals surface area contributed by atoms with Gasteiger partial charge in [-0.3, -0.25) is 19.3 Å². The number of aryl methyl sites for hydroxylation is 1. The van der Waals surface area contributed by atoms with Crippen molar-refractivity contribution >= 4 is 17.7 Å². The van der Waals surface area contributed by atoms with Crippen LogP contribution in [0.1, 0.15) is 59.4 Å². The second-order valence-corrected chi connectivity index (χ2v) is 9.99. The van der Waals surface area contributed by atoms with E-state index in [1.54, 1.807) is 40.1 Å². The van der Waals surface area contributed by atoms with E-state index in [0.717, 1.165) is 12.0 Å². The summed E-state index contributed by atoms with van der Waals surface area (Å²) in [4.78, 5) is 43.6. The highest BCUT2D eigenvalue weighted by Gasteiger charge is 2.54. The largest absolute Gasteiger partial charge is 0.454 e. The van der Waals surface area contributed by atoms with Gasteiger partial charge in [-0.2, -0.15) is 0 Å². The first-order valence-electron chi connectivity index (χ1n) is 12.8. The number of rotatable bonds is 5. The van der Waals surface area contributed by atoms with Crippen molar-refractivity contribution in [3.05, 3.63) is 59.2 Å². The summed E-state index contributed by atoms with van der Waals surface area (Å²) in [6.45, 7) is 6.96. The van der Waals surface area contributed by atoms with Crippen LogP contribution in [0, 0.1) is 6.92 Å². The van der Waals surface area contributed by atoms with Crippen molar-refractivity contribution in [2.45, 2.75) is 57.8 Å². The molecule has 2 atom stereocenters. The SMILES string of the molecule is CCC(C)NC(=O)C1COC2(CCN(C(=O)c3ccc4c(c3)OCO4)CC2)N1C(=O)c1ccc(C)cc1. The van der Waals surface area contributed by atoms with Gasteiger partial charge in [0.1, 0.15) is 11.8 Å². The number of ether oxygens (including phenoxy) is 3. The van der Waals surface area contributed by atoms with E-state index in [2.05, 4.69) is 5.32 Å². The predicted molar refractivity (Wildman–Crippen MR) is 135 cm³/mol. The van der Waals surface area contributed by atoms with E-state index in [0.29, 0.717) is 48.6 Å². The zero-order valence-electron chi connectivity index (χ0n) is 21.5. The molecule has 9 nitrogen and oxygen atoms in total. The van der Waals surface area contributed by atoms with Crippen molar-refractivity contribution in [1.82, 2.24) is 15.1 Å². The van der Waals surface area contributed by atoms with E-state index in [1.165, 1.54) is 0 Å². The van der Waals surface area contributed by atoms with Crippen LogP contribution in [-0.4, -0.2) is 71.8 Å². The molecule has 5 rings (SSSR count). The lowest BCUT2D eigenvalue weighted by molar-refractivity contribution is -0.128. The van der Waals surface area contributed by atoms with Crippen molar-refractivity contribution in [3.63, 3.8) is 0 Å². The fraction of sp³-hybridized carbons (Fsp3) is 0.464. The third-order valence-corrected chi connectivity index (χ3v) is 7.53. The number of piperidine rings is 1. The topological polar surface area (TPSA) is 97.4 Å². The standard InChI is InChI=1S/C28H33N3O6/c1-4-19(3)29-25(32)22-16-37-28(31(22)27(34)20-7-5-18(2)6-8-20)11-13-30(14-12-28)26(33)21-9-10-23-24(15-21)36-17-35-23/h5-10,15,19,22H,4,11-14,16-17H2,1-3H3,(H,29,32). The lowest BCUT2D eigenvalue weighted by atomic mass is 9.95. The number of nitrogens with one attached hydrogen (secondary N) is 1. The lowest BCUT2D eigenvalue weighted by Crippen LogP contribution is -2.60. The van der Waals surface area contributed by atoms with Gasteiger partial charge in [0.15, 0.2) is 11.5 Å². The number of amides is 3. The van der Waals surface area contributed by atoms with E-state index in [-0.39, 0.29) is 37.2 Å². The van der Waals surface area contributed by atoms with Gasteiger partial charge < -0.3 is 24.4 Å². The molecule has 2 fully saturated rings. The molecule has 1 N–H and O–H groups in total. The number of benzene rings is 2. The second-order valence-electron chi connectivity index (χ2n) is 9.99. The molecule has 2 unspecified atom stereocenters. The van der Waals surface area contributed by atoms with E-state index < -0.39 is 11.8 Å². The first kappa shape index (κ1) is 25.1. The van der Waals surface area contributed by atoms with Gasteiger partial charge in [-0.15, -0.1) is 0 Å². The van der Waals surface area contributed by atoms with Gasteiger partial charge in [-0.1, -0.05) is 24.6 Å². The Kier molecular flexibility index (Phi) is 6.81. The lowest BCUT2D eigenvalue weighted by Gasteiger charge is -2.44. The van der Waals surface area contributed by atoms with Gasteiger partial charge in [0.2, 0.25) is 12.7 Å². The van der Waals surface area contributed by atoms with Crippen LogP contribution in [0.25, 0.3) is 0 Å². The van der Waals surface area contributed by atoms with E-state index >= 15 is 0 Å². The Labute approximate surface area is 216 Å². The number of likely N-dealkylation sites (tertiary alicyclic amines) is 1. The minimum Gasteiger partial charge on any atom is -0.454 e. The molecule has 2 saturated heterocycles. The molecule has 3 aliphatic rings. The quantitative estimate of drug-likeness (QED) is 0.668. The van der Waals surface area contributed by atoms with Gasteiger partial charge in [0.05, 0.1) is 6.61 Å². The summed E-state index contributed by atoms with van der Waals surface area (Å²) in [5.41, 5.74) is 1.12. The summed E-state index contributed by atoms with van der Waals surface area (Å²) in [7, 11) is 0. The maximum absolute atomic E-state index is 13.8. The molecule has 2 aromatic carbocycles. The summed E-state index contributed by atoms with van der Waals surface area (Å²) in [6, 6.07) is 11.8. The molecular weight excluding hydrogens is 474 g/mol. The minimum absolute atomic E-state index is 0.0125. The molecule has 1 spiro atoms. The van der Waals surface area contributed by atoms with Crippen LogP contribution in [0.15, 0.2) is 42.5 Å². The number of carbonyl (C=O) groups excluding carboxylic acids is 3. The van der Waals surface area contributed by atoms with Gasteiger partial charge in [-0.05, 0) is 50.6 Å². The van der Waals surface area contributed by atoms with Crippen LogP contribution in [0.3, 0.4) is 0 Å². The van der Waals surface area contributed by atoms with Gasteiger partial charge >= 0.3 is 0 Å². The Balaban J connectivity index is 1.36. The van der Waals surface area contributed by atoms with Crippen molar-refractivity contribution in [3.8, 4) is 11.5 Å². The zero-order valence-corrected chi connectivity index (χ0v) is 21.5. The molecule has 0 aliphatic carbocycles. The Morgan fingerprint density at radius 1 is 1.00 bits per heavy atom. The number of carbonyl (C=O) groups is 3. The summed E-state index contributed by atoms with van der Waals surface area (Å²) in [6.07, 6.45) is 1.61. The monoisotopic (exact) mass is 507 g/mol. The maximum atomic E-state index is 13.8. The highest BCUT2D eigenvalue weighted by Crippen LogP contribution is 2.39. The van der Waals surface area contributed by atoms with Crippen LogP contribution in [0.4, 0.5) is 0 Å². The van der Waals surface area contributed by atoms with Gasteiger partial charge in [0.25, 0.3) is 11.8 Å². The molecular formula is C28H33N3O6. The van der Waals surface area contributed by atoms with Crippen molar-refractivity contribution in [1.29, 1.82) is 0 Å². The van der Waals surface area contributed by atoms with Crippen molar-refractivity contribution in [2.75, 3.05) is 26.5 Å². The minimum atomic E-state index is -0.953. The number of hydrogen-bond donors (Lipinski definition) is 1. The third-order valence-electron chi connectivity index (χ3n) is 7.53. The Morgan fingerprint density at radius 2 is 1.68 bits per heavy atom. The molecule has 37 heavy (non-hydrogen) atoms. The Morgan fingerprint density at radius 3 is 2.38 bits per heavy atom. The summed E-state index contributed by atoms with van der Waals surface area (Å²) in [5.74, 6) is 0.612. The average molecular weight is 508 g/mol. The van der Waals surface area contributed by atoms with Crippen LogP contribution in [0.2, 0.25) is 0 Å². The third kappa shape index (κ3) is 4.75. The van der Waals surface area contributed by atoms with E-state index in [1.807, 2.05) is 32.9 Å². The number of fused-ring (bicyclic) bond motifs is 1. The molecule has 3 aliphatic heterocycles. The molecule has 0 radical (unpaired) electrons. The van der Waals surface area contributed by atoms with Gasteiger partial charge in [-0.25, -0.2) is 0 Å². The number of nitrogens with zero attached hydrogens (tertiary/aromatic N) is 2. The first-order chi connectivity index (χ1) is 17.8. The zero-order chi connectivity index (χ0) is 26.2. The van der Waals surface area contributed by atoms with Crippen molar-refractivity contribution < 1.29 is 28.6 Å². The summed E-state index contributed by atoms with van der Waals surface area (Å²) < 4.78 is 17.0. The Hall–Kier alpha value is -3.59. The molecule has 3 heterocycles. The van der Waals surface area contributed by atoms with Crippen LogP contribution >= 0.6 is 0 Å². The molecule has 0 aromatic heterocycles. The fourth-order valence-corrected chi connectivity index (χ4v) is 5.11. The molecule has 9 heteroatoms. The maximum Gasteiger partial charge on any atom is 0.256 e. The fourth-order valence-electron chi connectivity index (χ4n) is 5.11. The van der Waals surface area contributed by atoms with Crippen LogP contribution < -0.4 is 14.8 Å². The second kappa shape index (κ2) is 10.0. The summed E-state index contributed by atoms with van der Waals surface area (Å²) >= 11 is 0. The molecule has 3 amide bonds. The molecule has 196 valence electrons. The molecule has 0 saturated carbocycles. The molecule has 0 bridgehead atoms. The highest BCUT2D eigenvalue weighted by atomic mass is 16.7. The van der Waals surface area contributed by atoms with E-state index in [4.69, 9.17) is 14.2 Å². The average Bonchev–Trinajstić information content (AvgIpc) is 3.53. The number of hydrogen-bond acceptors (Lipinski definition) is 6. The van der Waals surface area contributed by atoms with Crippen LogP contribution in [-0.2, 0) is 9.53 Å². The predicted octanol–water partition coefficient (Wildman–Crippen LogP) is 3.11. The normalized spacial score (nSPS) is 20.7. The first-order valence-corrected chi connectivity index (χ1v) is 12.8. The smallest absolute Gasteiger partial charge is 0.256 e. The highest BCUT2D eigenvalue weighted by molar-refractivity contribution is 5.99. The molecule has 2 aromatic rings. The van der Waals surface area contributed by atoms with Crippen LogP contribution in [0.5, 0.6) is 11.5 Å². The van der Waals surface area contributed by atoms with Crippen molar-refractivity contribution in [2.24, 2.45) is 0 Å². The van der Waals surface area contributed by atoms with E-state index in [9.17, 15) is 14.4 Å². The van der Waals surface area contributed by atoms with Gasteiger partial charge in [0, 0.05) is 43.1 Å². The summed E-state index contributed by atoms with van der Waals surface area (Å²) in [5, 5.41) is 3.01.